The molecule has 0 saturated carbocycles. The molecule has 1 N–H and O–H groups in total. The molecule has 0 unspecified atom stereocenters. The van der Waals surface area contributed by atoms with Crippen molar-refractivity contribution in [3.05, 3.63) is 24.0 Å². The highest BCUT2D eigenvalue weighted by Gasteiger charge is 1.81. The van der Waals surface area contributed by atoms with Crippen LogP contribution in [0.2, 0.25) is 0 Å². The van der Waals surface area contributed by atoms with E-state index < -0.39 is 0 Å². The van der Waals surface area contributed by atoms with Crippen LogP contribution in [0.1, 0.15) is 5.56 Å². The topological polar surface area (TPSA) is 39.6 Å². The van der Waals surface area contributed by atoms with E-state index in [0.29, 0.717) is 5.56 Å². The second kappa shape index (κ2) is 3.11. The first-order valence-corrected chi connectivity index (χ1v) is 1.96. The lowest BCUT2D eigenvalue weighted by molar-refractivity contribution is 1.40. The van der Waals surface area contributed by atoms with Crippen molar-refractivity contribution in [2.24, 2.45) is 0 Å². The maximum atomic E-state index is 8.16. The third-order valence-electron chi connectivity index (χ3n) is 0.727. The van der Waals surface area contributed by atoms with Crippen LogP contribution in [0, 0.1) is 11.3 Å². The molecule has 0 amide bonds. The third-order valence-corrected chi connectivity index (χ3v) is 0.727. The van der Waals surface area contributed by atoms with Gasteiger partial charge in [0.15, 0.2) is 0 Å². The summed E-state index contributed by atoms with van der Waals surface area (Å²) in [6.07, 6.45) is 3.37. The Bertz CT molecular complexity index is 173. The molecule has 3 heteroatoms. The zero-order valence-electron chi connectivity index (χ0n) is 4.09. The second-order valence-electron chi connectivity index (χ2n) is 1.21. The fraction of sp³-hybridized carbons (Fsp3) is 0. The Hall–Kier alpha value is -0.940. The number of hydrogen-bond donors (Lipinski definition) is 1. The van der Waals surface area contributed by atoms with Crippen LogP contribution in [0.4, 0.5) is 0 Å². The van der Waals surface area contributed by atoms with Crippen LogP contribution in [0.15, 0.2) is 18.5 Å². The molecule has 0 aliphatic heterocycles. The summed E-state index contributed by atoms with van der Waals surface area (Å²) in [5.74, 6) is 0. The van der Waals surface area contributed by atoms with Gasteiger partial charge < -0.3 is 4.98 Å². The van der Waals surface area contributed by atoms with E-state index in [0.717, 1.165) is 0 Å². The molecular formula is C5H5ClN2. The lowest BCUT2D eigenvalue weighted by atomic mass is 10.4. The summed E-state index contributed by atoms with van der Waals surface area (Å²) in [5.41, 5.74) is 0.681. The summed E-state index contributed by atoms with van der Waals surface area (Å²) in [6.45, 7) is 0. The van der Waals surface area contributed by atoms with Crippen molar-refractivity contribution in [1.82, 2.24) is 4.98 Å². The SMILES string of the molecule is Cl.N#Cc1cc[nH]c1. The molecule has 0 fully saturated rings. The average molecular weight is 129 g/mol. The number of halogens is 1. The van der Waals surface area contributed by atoms with E-state index in [1.54, 1.807) is 18.5 Å². The van der Waals surface area contributed by atoms with Crippen LogP contribution in [-0.2, 0) is 0 Å². The minimum absolute atomic E-state index is 0. The van der Waals surface area contributed by atoms with Gasteiger partial charge >= 0.3 is 0 Å². The quantitative estimate of drug-likeness (QED) is 0.562. The predicted octanol–water partition coefficient (Wildman–Crippen LogP) is 1.31. The number of nitrogens with one attached hydrogen (secondary N) is 1. The van der Waals surface area contributed by atoms with Crippen LogP contribution >= 0.6 is 12.4 Å². The van der Waals surface area contributed by atoms with Crippen molar-refractivity contribution >= 4 is 12.4 Å². The molecule has 1 heterocycles. The van der Waals surface area contributed by atoms with Gasteiger partial charge in [-0.05, 0) is 6.07 Å². The Balaban J connectivity index is 0.000000490. The molecule has 0 aromatic carbocycles. The first kappa shape index (κ1) is 7.06. The highest BCUT2D eigenvalue weighted by molar-refractivity contribution is 5.85. The smallest absolute Gasteiger partial charge is 0.101 e. The van der Waals surface area contributed by atoms with E-state index in [1.807, 2.05) is 6.07 Å². The lowest BCUT2D eigenvalue weighted by Gasteiger charge is -1.62. The van der Waals surface area contributed by atoms with Gasteiger partial charge in [-0.15, -0.1) is 12.4 Å². The molecule has 8 heavy (non-hydrogen) atoms. The van der Waals surface area contributed by atoms with Crippen LogP contribution in [0.3, 0.4) is 0 Å². The van der Waals surface area contributed by atoms with Crippen molar-refractivity contribution < 1.29 is 0 Å². The Morgan fingerprint density at radius 2 is 2.38 bits per heavy atom. The minimum atomic E-state index is 0. The highest BCUT2D eigenvalue weighted by atomic mass is 35.5. The van der Waals surface area contributed by atoms with Crippen molar-refractivity contribution in [2.75, 3.05) is 0 Å². The van der Waals surface area contributed by atoms with E-state index in [9.17, 15) is 0 Å². The third kappa shape index (κ3) is 1.28. The molecule has 0 saturated heterocycles. The van der Waals surface area contributed by atoms with Gasteiger partial charge in [0.1, 0.15) is 6.07 Å². The molecule has 42 valence electrons. The molecule has 1 aromatic heterocycles. The van der Waals surface area contributed by atoms with E-state index in [2.05, 4.69) is 4.98 Å². The Morgan fingerprint density at radius 1 is 1.62 bits per heavy atom. The Morgan fingerprint density at radius 3 is 2.62 bits per heavy atom. The fourth-order valence-electron chi connectivity index (χ4n) is 0.393. The molecule has 0 bridgehead atoms. The molecule has 1 aromatic rings. The zero-order valence-corrected chi connectivity index (χ0v) is 4.90. The van der Waals surface area contributed by atoms with Gasteiger partial charge in [0.25, 0.3) is 0 Å². The van der Waals surface area contributed by atoms with E-state index in [1.165, 1.54) is 0 Å². The van der Waals surface area contributed by atoms with Crippen LogP contribution in [0.5, 0.6) is 0 Å². The maximum Gasteiger partial charge on any atom is 0.101 e. The molecule has 0 aliphatic rings. The van der Waals surface area contributed by atoms with Gasteiger partial charge in [0, 0.05) is 12.4 Å². The predicted molar refractivity (Wildman–Crippen MR) is 32.8 cm³/mol. The van der Waals surface area contributed by atoms with Crippen LogP contribution < -0.4 is 0 Å². The lowest BCUT2D eigenvalue weighted by Crippen LogP contribution is -1.56. The number of rotatable bonds is 0. The van der Waals surface area contributed by atoms with Crippen LogP contribution in [0.25, 0.3) is 0 Å². The molecule has 2 nitrogen and oxygen atoms in total. The summed E-state index contributed by atoms with van der Waals surface area (Å²) < 4.78 is 0. The fourth-order valence-corrected chi connectivity index (χ4v) is 0.393. The van der Waals surface area contributed by atoms with Crippen molar-refractivity contribution in [3.63, 3.8) is 0 Å². The Kier molecular flexibility index (Phi) is 2.75. The first-order chi connectivity index (χ1) is 3.43. The molecule has 0 aliphatic carbocycles. The molecule has 1 rings (SSSR count). The number of H-pyrrole nitrogens is 1. The number of nitriles is 1. The van der Waals surface area contributed by atoms with Gasteiger partial charge in [0.05, 0.1) is 5.56 Å². The molecule has 0 atom stereocenters. The minimum Gasteiger partial charge on any atom is -0.366 e. The molecule has 0 radical (unpaired) electrons. The van der Waals surface area contributed by atoms with E-state index in [4.69, 9.17) is 5.26 Å². The normalized spacial score (nSPS) is 6.88. The standard InChI is InChI=1S/C5H4N2.ClH/c6-3-5-1-2-7-4-5;/h1-2,4,7H;1H. The first-order valence-electron chi connectivity index (χ1n) is 1.96. The number of hydrogen-bond acceptors (Lipinski definition) is 1. The molecule has 0 spiro atoms. The van der Waals surface area contributed by atoms with Gasteiger partial charge in [-0.2, -0.15) is 5.26 Å². The summed E-state index contributed by atoms with van der Waals surface area (Å²) >= 11 is 0. The second-order valence-corrected chi connectivity index (χ2v) is 1.21. The largest absolute Gasteiger partial charge is 0.366 e. The summed E-state index contributed by atoms with van der Waals surface area (Å²) in [7, 11) is 0. The average Bonchev–Trinajstić information content (AvgIpc) is 2.14. The van der Waals surface area contributed by atoms with Crippen molar-refractivity contribution in [3.8, 4) is 6.07 Å². The monoisotopic (exact) mass is 128 g/mol. The maximum absolute atomic E-state index is 8.16. The van der Waals surface area contributed by atoms with Gasteiger partial charge in [-0.25, -0.2) is 0 Å². The zero-order chi connectivity index (χ0) is 5.11. The molecular weight excluding hydrogens is 124 g/mol. The number of aromatic amines is 1. The van der Waals surface area contributed by atoms with E-state index >= 15 is 0 Å². The van der Waals surface area contributed by atoms with Gasteiger partial charge in [-0.3, -0.25) is 0 Å². The number of nitrogens with zero attached hydrogens (tertiary/aromatic N) is 1. The number of aromatic nitrogens is 1. The Labute approximate surface area is 53.6 Å². The summed E-state index contributed by atoms with van der Waals surface area (Å²) in [4.78, 5) is 2.76. The summed E-state index contributed by atoms with van der Waals surface area (Å²) in [6, 6.07) is 3.70. The van der Waals surface area contributed by atoms with Gasteiger partial charge in [-0.1, -0.05) is 0 Å². The highest BCUT2D eigenvalue weighted by Crippen LogP contribution is 1.89. The van der Waals surface area contributed by atoms with Crippen molar-refractivity contribution in [1.29, 1.82) is 5.26 Å². The summed E-state index contributed by atoms with van der Waals surface area (Å²) in [5, 5.41) is 8.16. The van der Waals surface area contributed by atoms with Crippen LogP contribution in [-0.4, -0.2) is 4.98 Å². The van der Waals surface area contributed by atoms with Crippen molar-refractivity contribution in [2.45, 2.75) is 0 Å². The van der Waals surface area contributed by atoms with Gasteiger partial charge in [0.2, 0.25) is 0 Å². The van der Waals surface area contributed by atoms with E-state index in [-0.39, 0.29) is 12.4 Å².